The Bertz CT molecular complexity index is 1220. The van der Waals surface area contributed by atoms with Gasteiger partial charge in [0.2, 0.25) is 0 Å². The topological polar surface area (TPSA) is 264 Å². The summed E-state index contributed by atoms with van der Waals surface area (Å²) in [6.45, 7) is 9.62. The zero-order chi connectivity index (χ0) is 33.1. The van der Waals surface area contributed by atoms with Crippen LogP contribution in [0.3, 0.4) is 0 Å². The van der Waals surface area contributed by atoms with Gasteiger partial charge in [-0.3, -0.25) is 40.2 Å². The minimum absolute atomic E-state index is 0.0377. The number of carbonyl (C=O) groups excluding carboxylic acids is 2. The molecule has 0 aromatic rings. The highest BCUT2D eigenvalue weighted by Crippen LogP contribution is 2.42. The van der Waals surface area contributed by atoms with Crippen LogP contribution in [0.5, 0.6) is 0 Å². The molecule has 14 heteroatoms. The normalized spacial score (nSPS) is 19.7. The Morgan fingerprint density at radius 1 is 0.818 bits per heavy atom. The number of nitrogens with two attached hydrogens (primary N) is 6. The lowest BCUT2D eigenvalue weighted by molar-refractivity contribution is -0.117. The molecule has 0 saturated heterocycles. The first-order chi connectivity index (χ1) is 20.7. The van der Waals surface area contributed by atoms with Crippen LogP contribution in [-0.4, -0.2) is 61.8 Å². The number of allylic oxidation sites excluding steroid dienone is 6. The van der Waals surface area contributed by atoms with Gasteiger partial charge in [0.25, 0.3) is 11.8 Å². The summed E-state index contributed by atoms with van der Waals surface area (Å²) in [5.74, 6) is -0.445. The van der Waals surface area contributed by atoms with Gasteiger partial charge >= 0.3 is 0 Å². The van der Waals surface area contributed by atoms with E-state index in [1.54, 1.807) is 19.9 Å². The summed E-state index contributed by atoms with van der Waals surface area (Å²) in [4.78, 5) is 41.6. The molecule has 1 aliphatic carbocycles. The van der Waals surface area contributed by atoms with Gasteiger partial charge in [0.05, 0.1) is 0 Å². The van der Waals surface area contributed by atoms with Crippen molar-refractivity contribution >= 4 is 35.7 Å². The zero-order valence-corrected chi connectivity index (χ0v) is 26.6. The Kier molecular flexibility index (Phi) is 16.6. The highest BCUT2D eigenvalue weighted by atomic mass is 16.2. The van der Waals surface area contributed by atoms with Gasteiger partial charge in [-0.05, 0) is 64.7 Å². The molecule has 2 amide bonds. The maximum atomic E-state index is 12.8. The molecule has 0 aromatic heterocycles. The molecule has 0 aromatic carbocycles. The van der Waals surface area contributed by atoms with Crippen LogP contribution in [0.15, 0.2) is 67.1 Å². The van der Waals surface area contributed by atoms with E-state index in [4.69, 9.17) is 34.4 Å². The van der Waals surface area contributed by atoms with Crippen LogP contribution in [0.1, 0.15) is 66.2 Å². The van der Waals surface area contributed by atoms with Crippen LogP contribution in [0.2, 0.25) is 0 Å². The number of nitrogens with one attached hydrogen (secondary N) is 2. The maximum Gasteiger partial charge on any atom is 0.253 e. The molecule has 2 atom stereocenters. The maximum absolute atomic E-state index is 12.8. The fraction of sp³-hybridized carbons (Fsp3) is 0.533. The van der Waals surface area contributed by atoms with Crippen LogP contribution in [0.25, 0.3) is 0 Å². The second-order valence-electron chi connectivity index (χ2n) is 11.1. The third kappa shape index (κ3) is 15.6. The minimum atomic E-state index is -0.335. The van der Waals surface area contributed by atoms with Gasteiger partial charge in [0.1, 0.15) is 0 Å². The molecule has 1 rings (SSSR count). The lowest BCUT2D eigenvalue weighted by Crippen LogP contribution is -2.38. The largest absolute Gasteiger partial charge is 0.370 e. The van der Waals surface area contributed by atoms with Crippen molar-refractivity contribution in [2.45, 2.75) is 66.2 Å². The average molecular weight is 613 g/mol. The summed E-state index contributed by atoms with van der Waals surface area (Å²) in [6.07, 6.45) is 14.6. The Morgan fingerprint density at radius 3 is 1.75 bits per heavy atom. The van der Waals surface area contributed by atoms with Crippen molar-refractivity contribution in [1.82, 2.24) is 10.6 Å². The van der Waals surface area contributed by atoms with Crippen molar-refractivity contribution in [1.29, 1.82) is 0 Å². The summed E-state index contributed by atoms with van der Waals surface area (Å²) in [6, 6.07) is 0. The summed E-state index contributed by atoms with van der Waals surface area (Å²) in [5.41, 5.74) is 35.0. The van der Waals surface area contributed by atoms with E-state index in [0.717, 1.165) is 38.5 Å². The van der Waals surface area contributed by atoms with Crippen LogP contribution >= 0.6 is 0 Å². The molecule has 0 bridgehead atoms. The molecular weight excluding hydrogens is 560 g/mol. The SMILES string of the molecule is CC1=C[C@H](/C=C(\C)C(=O)NC(N)=NCCCCN=C(N)N)[C@](C)(/C=C/C=C(\C)C(=O)NC(N)=NCCCCN=C(N)N)CC1. The van der Waals surface area contributed by atoms with E-state index in [9.17, 15) is 9.59 Å². The first-order valence-corrected chi connectivity index (χ1v) is 14.8. The summed E-state index contributed by atoms with van der Waals surface area (Å²) >= 11 is 0. The van der Waals surface area contributed by atoms with E-state index in [1.165, 1.54) is 5.57 Å². The zero-order valence-electron chi connectivity index (χ0n) is 26.6. The highest BCUT2D eigenvalue weighted by Gasteiger charge is 2.32. The van der Waals surface area contributed by atoms with Gasteiger partial charge in [0, 0.05) is 43.2 Å². The van der Waals surface area contributed by atoms with Gasteiger partial charge < -0.3 is 34.4 Å². The number of guanidine groups is 4. The fourth-order valence-electron chi connectivity index (χ4n) is 4.25. The molecule has 14 nitrogen and oxygen atoms in total. The first kappa shape index (κ1) is 37.4. The molecular formula is C30H52N12O2. The number of unbranched alkanes of at least 4 members (excludes halogenated alkanes) is 2. The fourth-order valence-corrected chi connectivity index (χ4v) is 4.25. The monoisotopic (exact) mass is 612 g/mol. The minimum Gasteiger partial charge on any atom is -0.370 e. The predicted octanol–water partition coefficient (Wildman–Crippen LogP) is 0.767. The predicted molar refractivity (Wildman–Crippen MR) is 180 cm³/mol. The van der Waals surface area contributed by atoms with Crippen LogP contribution in [0, 0.1) is 11.3 Å². The van der Waals surface area contributed by atoms with E-state index < -0.39 is 0 Å². The molecule has 0 fully saturated rings. The molecule has 0 radical (unpaired) electrons. The summed E-state index contributed by atoms with van der Waals surface area (Å²) < 4.78 is 0. The Labute approximate surface area is 261 Å². The Hall–Kier alpha value is -4.62. The number of hydrogen-bond donors (Lipinski definition) is 8. The Morgan fingerprint density at radius 2 is 1.27 bits per heavy atom. The third-order valence-electron chi connectivity index (χ3n) is 7.02. The van der Waals surface area contributed by atoms with Crippen molar-refractivity contribution in [3.05, 3.63) is 47.1 Å². The molecule has 0 heterocycles. The molecule has 0 saturated carbocycles. The number of aliphatic imine (C=N–C) groups is 4. The second kappa shape index (κ2) is 19.5. The molecule has 0 spiro atoms. The first-order valence-electron chi connectivity index (χ1n) is 14.8. The van der Waals surface area contributed by atoms with E-state index in [2.05, 4.69) is 56.6 Å². The van der Waals surface area contributed by atoms with Gasteiger partial charge in [-0.2, -0.15) is 0 Å². The second-order valence-corrected chi connectivity index (χ2v) is 11.1. The van der Waals surface area contributed by atoms with E-state index >= 15 is 0 Å². The smallest absolute Gasteiger partial charge is 0.253 e. The third-order valence-corrected chi connectivity index (χ3v) is 7.02. The summed E-state index contributed by atoms with van der Waals surface area (Å²) in [5, 5.41) is 5.26. The standard InChI is InChI=1S/C30H52N12O2/c1-20-11-13-30(4,12-9-10-21(2)24(43)41-28(35)39-16-7-5-14-37-26(31)32)23(18-20)19-22(3)25(44)42-29(36)40-17-8-6-15-38-27(33)34/h9-10,12,18-19,23H,5-8,11,13-17H2,1-4H3,(H4,31,32,37)(H4,33,34,38)(H3,35,39,41,43)(H3,36,40,42,44)/b12-9+,21-10+,22-19+/t23-,30-/m1/s1. The van der Waals surface area contributed by atoms with Crippen molar-refractivity contribution in [2.24, 2.45) is 65.7 Å². The summed E-state index contributed by atoms with van der Waals surface area (Å²) in [7, 11) is 0. The average Bonchev–Trinajstić information content (AvgIpc) is 2.94. The van der Waals surface area contributed by atoms with E-state index in [1.807, 2.05) is 12.2 Å². The Balaban J connectivity index is 2.79. The number of hydrogen-bond acceptors (Lipinski definition) is 6. The van der Waals surface area contributed by atoms with Crippen molar-refractivity contribution in [2.75, 3.05) is 26.2 Å². The van der Waals surface area contributed by atoms with Crippen LogP contribution in [0.4, 0.5) is 0 Å². The molecule has 0 unspecified atom stereocenters. The van der Waals surface area contributed by atoms with E-state index in [0.29, 0.717) is 37.3 Å². The lowest BCUT2D eigenvalue weighted by Gasteiger charge is -2.36. The number of carbonyl (C=O) groups is 2. The van der Waals surface area contributed by atoms with Gasteiger partial charge in [-0.15, -0.1) is 0 Å². The molecule has 244 valence electrons. The number of amides is 2. The molecule has 0 aliphatic heterocycles. The van der Waals surface area contributed by atoms with Crippen LogP contribution < -0.4 is 45.0 Å². The molecule has 14 N–H and O–H groups in total. The number of nitrogens with zero attached hydrogens (tertiary/aromatic N) is 4. The van der Waals surface area contributed by atoms with Crippen molar-refractivity contribution < 1.29 is 9.59 Å². The molecule has 1 aliphatic rings. The van der Waals surface area contributed by atoms with Gasteiger partial charge in [-0.25, -0.2) is 0 Å². The van der Waals surface area contributed by atoms with Crippen LogP contribution in [-0.2, 0) is 9.59 Å². The van der Waals surface area contributed by atoms with E-state index in [-0.39, 0.29) is 47.0 Å². The van der Waals surface area contributed by atoms with Gasteiger partial charge in [-0.1, -0.05) is 42.9 Å². The van der Waals surface area contributed by atoms with Crippen molar-refractivity contribution in [3.63, 3.8) is 0 Å². The highest BCUT2D eigenvalue weighted by molar-refractivity contribution is 6.05. The number of rotatable bonds is 15. The van der Waals surface area contributed by atoms with Gasteiger partial charge in [0.15, 0.2) is 23.8 Å². The lowest BCUT2D eigenvalue weighted by atomic mass is 9.68. The quantitative estimate of drug-likeness (QED) is 0.0326. The molecule has 44 heavy (non-hydrogen) atoms. The van der Waals surface area contributed by atoms with Crippen molar-refractivity contribution in [3.8, 4) is 0 Å².